The SMILES string of the molecule is CNc1ccc([C@@H](O)CNCCOc2ccc(CC(C)=O)cc2)cn1. The van der Waals surface area contributed by atoms with Crippen molar-refractivity contribution in [2.24, 2.45) is 0 Å². The number of hydrogen-bond donors (Lipinski definition) is 3. The van der Waals surface area contributed by atoms with Crippen molar-refractivity contribution in [1.82, 2.24) is 10.3 Å². The summed E-state index contributed by atoms with van der Waals surface area (Å²) < 4.78 is 5.63. The highest BCUT2D eigenvalue weighted by molar-refractivity contribution is 5.78. The van der Waals surface area contributed by atoms with E-state index in [1.54, 1.807) is 20.2 Å². The van der Waals surface area contributed by atoms with E-state index in [1.807, 2.05) is 36.4 Å². The van der Waals surface area contributed by atoms with E-state index in [9.17, 15) is 9.90 Å². The molecule has 0 bridgehead atoms. The van der Waals surface area contributed by atoms with Gasteiger partial charge in [-0.25, -0.2) is 4.98 Å². The van der Waals surface area contributed by atoms with Crippen LogP contribution in [0.1, 0.15) is 24.2 Å². The number of aromatic nitrogens is 1. The second-order valence-electron chi connectivity index (χ2n) is 5.82. The Balaban J connectivity index is 1.66. The first-order chi connectivity index (χ1) is 12.1. The van der Waals surface area contributed by atoms with Crippen molar-refractivity contribution in [1.29, 1.82) is 0 Å². The van der Waals surface area contributed by atoms with Gasteiger partial charge < -0.3 is 20.5 Å². The highest BCUT2D eigenvalue weighted by Crippen LogP contribution is 2.14. The van der Waals surface area contributed by atoms with Crippen molar-refractivity contribution in [3.63, 3.8) is 0 Å². The van der Waals surface area contributed by atoms with Crippen LogP contribution in [-0.2, 0) is 11.2 Å². The first-order valence-corrected chi connectivity index (χ1v) is 8.32. The van der Waals surface area contributed by atoms with E-state index in [-0.39, 0.29) is 5.78 Å². The van der Waals surface area contributed by atoms with Gasteiger partial charge in [0.05, 0.1) is 6.10 Å². The largest absolute Gasteiger partial charge is 0.492 e. The van der Waals surface area contributed by atoms with Gasteiger partial charge in [0.15, 0.2) is 0 Å². The zero-order valence-electron chi connectivity index (χ0n) is 14.7. The van der Waals surface area contributed by atoms with Gasteiger partial charge >= 0.3 is 0 Å². The number of nitrogens with zero attached hydrogens (tertiary/aromatic N) is 1. The number of pyridine rings is 1. The number of benzene rings is 1. The third-order valence-electron chi connectivity index (χ3n) is 3.69. The molecule has 2 rings (SSSR count). The second-order valence-corrected chi connectivity index (χ2v) is 5.82. The molecule has 0 spiro atoms. The lowest BCUT2D eigenvalue weighted by atomic mass is 10.1. The maximum absolute atomic E-state index is 11.1. The summed E-state index contributed by atoms with van der Waals surface area (Å²) in [5, 5.41) is 16.2. The molecule has 134 valence electrons. The summed E-state index contributed by atoms with van der Waals surface area (Å²) in [6.45, 7) is 3.13. The second kappa shape index (κ2) is 9.76. The van der Waals surface area contributed by atoms with Gasteiger partial charge in [0.25, 0.3) is 0 Å². The van der Waals surface area contributed by atoms with Gasteiger partial charge in [-0.05, 0) is 30.7 Å². The molecule has 0 saturated heterocycles. The van der Waals surface area contributed by atoms with Crippen LogP contribution in [0, 0.1) is 0 Å². The van der Waals surface area contributed by atoms with Crippen molar-refractivity contribution >= 4 is 11.6 Å². The van der Waals surface area contributed by atoms with Crippen LogP contribution in [0.3, 0.4) is 0 Å². The summed E-state index contributed by atoms with van der Waals surface area (Å²) in [5.41, 5.74) is 1.76. The van der Waals surface area contributed by atoms with Crippen LogP contribution in [0.4, 0.5) is 5.82 Å². The summed E-state index contributed by atoms with van der Waals surface area (Å²) in [6, 6.07) is 11.2. The summed E-state index contributed by atoms with van der Waals surface area (Å²) in [4.78, 5) is 15.2. The molecule has 0 aliphatic heterocycles. The van der Waals surface area contributed by atoms with Gasteiger partial charge in [0.2, 0.25) is 0 Å². The molecule has 0 amide bonds. The maximum Gasteiger partial charge on any atom is 0.134 e. The number of anilines is 1. The topological polar surface area (TPSA) is 83.5 Å². The Bertz CT molecular complexity index is 657. The Kier molecular flexibility index (Phi) is 7.37. The van der Waals surface area contributed by atoms with E-state index in [4.69, 9.17) is 4.74 Å². The van der Waals surface area contributed by atoms with Gasteiger partial charge in [-0.2, -0.15) is 0 Å². The van der Waals surface area contributed by atoms with E-state index >= 15 is 0 Å². The van der Waals surface area contributed by atoms with Crippen molar-refractivity contribution in [3.8, 4) is 5.75 Å². The molecule has 0 radical (unpaired) electrons. The van der Waals surface area contributed by atoms with E-state index < -0.39 is 6.10 Å². The van der Waals surface area contributed by atoms with Gasteiger partial charge in [-0.1, -0.05) is 18.2 Å². The minimum absolute atomic E-state index is 0.146. The molecule has 0 aliphatic rings. The summed E-state index contributed by atoms with van der Waals surface area (Å²) >= 11 is 0. The van der Waals surface area contributed by atoms with E-state index in [2.05, 4.69) is 15.6 Å². The van der Waals surface area contributed by atoms with Gasteiger partial charge in [-0.3, -0.25) is 4.79 Å². The van der Waals surface area contributed by atoms with Crippen molar-refractivity contribution in [2.45, 2.75) is 19.4 Å². The van der Waals surface area contributed by atoms with Crippen LogP contribution in [0.15, 0.2) is 42.6 Å². The Morgan fingerprint density at radius 2 is 2.00 bits per heavy atom. The Labute approximate surface area is 148 Å². The number of carbonyl (C=O) groups excluding carboxylic acids is 1. The molecule has 0 saturated carbocycles. The Morgan fingerprint density at radius 3 is 2.60 bits per heavy atom. The van der Waals surface area contributed by atoms with Gasteiger partial charge in [-0.15, -0.1) is 0 Å². The lowest BCUT2D eigenvalue weighted by molar-refractivity contribution is -0.116. The predicted octanol–water partition coefficient (Wildman–Crippen LogP) is 1.96. The number of aliphatic hydroxyl groups excluding tert-OH is 1. The van der Waals surface area contributed by atoms with Gasteiger partial charge in [0, 0.05) is 38.3 Å². The van der Waals surface area contributed by atoms with Crippen molar-refractivity contribution in [2.75, 3.05) is 32.1 Å². The first-order valence-electron chi connectivity index (χ1n) is 8.32. The van der Waals surface area contributed by atoms with Crippen LogP contribution >= 0.6 is 0 Å². The maximum atomic E-state index is 11.1. The number of hydrogen-bond acceptors (Lipinski definition) is 6. The summed E-state index contributed by atoms with van der Waals surface area (Å²) in [6.07, 6.45) is 1.51. The van der Waals surface area contributed by atoms with E-state index in [1.165, 1.54) is 0 Å². The number of ketones is 1. The highest BCUT2D eigenvalue weighted by Gasteiger charge is 2.07. The number of carbonyl (C=O) groups is 1. The molecule has 6 nitrogen and oxygen atoms in total. The van der Waals surface area contributed by atoms with Crippen molar-refractivity contribution < 1.29 is 14.6 Å². The Hall–Kier alpha value is -2.44. The van der Waals surface area contributed by atoms with Crippen LogP contribution in [0.5, 0.6) is 5.75 Å². The molecule has 0 aliphatic carbocycles. The number of rotatable bonds is 10. The zero-order chi connectivity index (χ0) is 18.1. The molecule has 0 unspecified atom stereocenters. The number of Topliss-reactive ketones (excluding diaryl/α,β-unsaturated/α-hetero) is 1. The van der Waals surface area contributed by atoms with Crippen LogP contribution < -0.4 is 15.4 Å². The lowest BCUT2D eigenvalue weighted by Gasteiger charge is -2.13. The minimum atomic E-state index is -0.607. The Morgan fingerprint density at radius 1 is 1.24 bits per heavy atom. The third-order valence-corrected chi connectivity index (χ3v) is 3.69. The fraction of sp³-hybridized carbons (Fsp3) is 0.368. The molecule has 3 N–H and O–H groups in total. The monoisotopic (exact) mass is 343 g/mol. The normalized spacial score (nSPS) is 11.8. The molecular weight excluding hydrogens is 318 g/mol. The van der Waals surface area contributed by atoms with E-state index in [0.29, 0.717) is 26.1 Å². The average Bonchev–Trinajstić information content (AvgIpc) is 2.62. The average molecular weight is 343 g/mol. The molecule has 1 aromatic carbocycles. The molecular formula is C19H25N3O3. The third kappa shape index (κ3) is 6.52. The molecule has 1 heterocycles. The number of ether oxygens (including phenoxy) is 1. The van der Waals surface area contributed by atoms with Crippen LogP contribution in [-0.4, -0.2) is 42.6 Å². The fourth-order valence-electron chi connectivity index (χ4n) is 2.34. The summed E-state index contributed by atoms with van der Waals surface area (Å²) in [5.74, 6) is 1.68. The highest BCUT2D eigenvalue weighted by atomic mass is 16.5. The first kappa shape index (κ1) is 18.9. The van der Waals surface area contributed by atoms with E-state index in [0.717, 1.165) is 22.7 Å². The smallest absolute Gasteiger partial charge is 0.134 e. The molecule has 25 heavy (non-hydrogen) atoms. The molecule has 1 atom stereocenters. The van der Waals surface area contributed by atoms with Crippen LogP contribution in [0.25, 0.3) is 0 Å². The summed E-state index contributed by atoms with van der Waals surface area (Å²) in [7, 11) is 1.80. The molecule has 2 aromatic rings. The lowest BCUT2D eigenvalue weighted by Crippen LogP contribution is -2.26. The van der Waals surface area contributed by atoms with Crippen molar-refractivity contribution in [3.05, 3.63) is 53.7 Å². The fourth-order valence-corrected chi connectivity index (χ4v) is 2.34. The zero-order valence-corrected chi connectivity index (χ0v) is 14.7. The quantitative estimate of drug-likeness (QED) is 0.572. The minimum Gasteiger partial charge on any atom is -0.492 e. The predicted molar refractivity (Wildman–Crippen MR) is 97.9 cm³/mol. The molecule has 0 fully saturated rings. The number of nitrogens with one attached hydrogen (secondary N) is 2. The molecule has 1 aromatic heterocycles. The van der Waals surface area contributed by atoms with Crippen LogP contribution in [0.2, 0.25) is 0 Å². The van der Waals surface area contributed by atoms with Gasteiger partial charge in [0.1, 0.15) is 24.0 Å². The standard InChI is InChI=1S/C19H25N3O3/c1-14(23)11-15-3-6-17(7-4-15)25-10-9-21-13-18(24)16-5-8-19(20-2)22-12-16/h3-8,12,18,21,24H,9-11,13H2,1-2H3,(H,20,22)/t18-/m0/s1. The molecule has 6 heteroatoms. The number of aliphatic hydroxyl groups is 1.